The summed E-state index contributed by atoms with van der Waals surface area (Å²) in [5.74, 6) is -1.09. The largest absolute Gasteiger partial charge is 0.389 e. The summed E-state index contributed by atoms with van der Waals surface area (Å²) in [6.45, 7) is 0. The first-order valence-corrected chi connectivity index (χ1v) is 5.64. The van der Waals surface area contributed by atoms with Gasteiger partial charge in [0, 0.05) is 18.4 Å². The number of ketones is 1. The minimum absolute atomic E-state index is 0.0906. The van der Waals surface area contributed by atoms with E-state index >= 15 is 0 Å². The molecule has 17 heavy (non-hydrogen) atoms. The molecule has 0 aliphatic heterocycles. The molecular weight excluding hydrogens is 304 g/mol. The molecule has 0 aliphatic carbocycles. The van der Waals surface area contributed by atoms with Gasteiger partial charge in [-0.2, -0.15) is 13.2 Å². The molecule has 0 radical (unpaired) electrons. The van der Waals surface area contributed by atoms with Crippen molar-refractivity contribution in [2.75, 3.05) is 0 Å². The van der Waals surface area contributed by atoms with Crippen LogP contribution in [0.1, 0.15) is 29.6 Å². The zero-order chi connectivity index (χ0) is 13.1. The molecule has 0 unspecified atom stereocenters. The van der Waals surface area contributed by atoms with Crippen molar-refractivity contribution in [1.82, 2.24) is 0 Å². The number of Topliss-reactive ketones (excluding diaryl/α,β-unsaturated/α-hetero) is 1. The Balaban J connectivity index is 2.56. The predicted molar refractivity (Wildman–Crippen MR) is 58.3 cm³/mol. The third-order valence-electron chi connectivity index (χ3n) is 2.11. The molecule has 0 N–H and O–H groups in total. The van der Waals surface area contributed by atoms with Gasteiger partial charge in [0.15, 0.2) is 5.78 Å². The lowest BCUT2D eigenvalue weighted by Gasteiger charge is -2.05. The van der Waals surface area contributed by atoms with Crippen LogP contribution in [0.15, 0.2) is 22.7 Å². The van der Waals surface area contributed by atoms with Gasteiger partial charge in [0.2, 0.25) is 0 Å². The summed E-state index contributed by atoms with van der Waals surface area (Å²) < 4.78 is 48.8. The summed E-state index contributed by atoms with van der Waals surface area (Å²) in [5, 5.41) is 0. The van der Waals surface area contributed by atoms with E-state index in [2.05, 4.69) is 15.9 Å². The molecule has 94 valence electrons. The highest BCUT2D eigenvalue weighted by Crippen LogP contribution is 2.23. The first-order chi connectivity index (χ1) is 7.79. The highest BCUT2D eigenvalue weighted by Gasteiger charge is 2.26. The summed E-state index contributed by atoms with van der Waals surface area (Å²) in [6.07, 6.45) is -5.77. The van der Waals surface area contributed by atoms with Crippen molar-refractivity contribution in [2.45, 2.75) is 25.4 Å². The summed E-state index contributed by atoms with van der Waals surface area (Å²) >= 11 is 2.92. The van der Waals surface area contributed by atoms with E-state index in [0.717, 1.165) is 6.07 Å². The zero-order valence-electron chi connectivity index (χ0n) is 8.65. The Morgan fingerprint density at radius 2 is 1.94 bits per heavy atom. The van der Waals surface area contributed by atoms with Crippen molar-refractivity contribution in [3.8, 4) is 0 Å². The number of rotatable bonds is 4. The van der Waals surface area contributed by atoms with Gasteiger partial charge in [0.05, 0.1) is 4.47 Å². The predicted octanol–water partition coefficient (Wildman–Crippen LogP) is 4.50. The number of hydrogen-bond acceptors (Lipinski definition) is 1. The molecule has 0 fully saturated rings. The zero-order valence-corrected chi connectivity index (χ0v) is 10.2. The van der Waals surface area contributed by atoms with E-state index in [1.807, 2.05) is 0 Å². The minimum Gasteiger partial charge on any atom is -0.294 e. The molecule has 1 rings (SSSR count). The van der Waals surface area contributed by atoms with Gasteiger partial charge >= 0.3 is 6.18 Å². The number of benzene rings is 1. The molecule has 0 bridgehead atoms. The maximum atomic E-state index is 13.1. The lowest BCUT2D eigenvalue weighted by atomic mass is 10.1. The van der Waals surface area contributed by atoms with E-state index in [9.17, 15) is 22.4 Å². The van der Waals surface area contributed by atoms with Crippen LogP contribution in [-0.4, -0.2) is 12.0 Å². The van der Waals surface area contributed by atoms with Gasteiger partial charge in [-0.15, -0.1) is 0 Å². The molecule has 0 atom stereocenters. The van der Waals surface area contributed by atoms with Gasteiger partial charge in [-0.05, 0) is 34.5 Å². The lowest BCUT2D eigenvalue weighted by Crippen LogP contribution is -2.08. The topological polar surface area (TPSA) is 17.1 Å². The van der Waals surface area contributed by atoms with Gasteiger partial charge in [0.1, 0.15) is 5.82 Å². The highest BCUT2D eigenvalue weighted by molar-refractivity contribution is 9.10. The summed E-state index contributed by atoms with van der Waals surface area (Å²) in [6, 6.07) is 3.75. The second kappa shape index (κ2) is 5.62. The number of halogens is 5. The van der Waals surface area contributed by atoms with Crippen LogP contribution in [-0.2, 0) is 0 Å². The fourth-order valence-electron chi connectivity index (χ4n) is 1.26. The molecule has 0 amide bonds. The molecule has 1 aromatic carbocycles. The van der Waals surface area contributed by atoms with Crippen molar-refractivity contribution in [1.29, 1.82) is 0 Å². The summed E-state index contributed by atoms with van der Waals surface area (Å²) in [5.41, 5.74) is 0.0906. The van der Waals surface area contributed by atoms with Gasteiger partial charge in [0.25, 0.3) is 0 Å². The van der Waals surface area contributed by atoms with Gasteiger partial charge in [-0.3, -0.25) is 4.79 Å². The van der Waals surface area contributed by atoms with Gasteiger partial charge in [-0.25, -0.2) is 4.39 Å². The average molecular weight is 313 g/mol. The van der Waals surface area contributed by atoms with Crippen LogP contribution in [0.3, 0.4) is 0 Å². The molecule has 0 spiro atoms. The first-order valence-electron chi connectivity index (χ1n) is 4.84. The fraction of sp³-hybridized carbons (Fsp3) is 0.364. The summed E-state index contributed by atoms with van der Waals surface area (Å²) in [7, 11) is 0. The summed E-state index contributed by atoms with van der Waals surface area (Å²) in [4.78, 5) is 11.4. The van der Waals surface area contributed by atoms with Gasteiger partial charge < -0.3 is 0 Å². The molecule has 0 aliphatic rings. The van der Waals surface area contributed by atoms with Gasteiger partial charge in [-0.1, -0.05) is 6.07 Å². The van der Waals surface area contributed by atoms with Crippen molar-refractivity contribution in [3.63, 3.8) is 0 Å². The second-order valence-corrected chi connectivity index (χ2v) is 4.38. The third-order valence-corrected chi connectivity index (χ3v) is 2.75. The standard InChI is InChI=1S/C11H9BrF4O/c12-8-4-3-7(6-9(8)13)10(17)2-1-5-11(14,15)16/h3-4,6H,1-2,5H2. The third kappa shape index (κ3) is 4.85. The average Bonchev–Trinajstić information content (AvgIpc) is 2.20. The van der Waals surface area contributed by atoms with Crippen LogP contribution in [0.25, 0.3) is 0 Å². The van der Waals surface area contributed by atoms with Crippen LogP contribution in [0.5, 0.6) is 0 Å². The number of hydrogen-bond donors (Lipinski definition) is 0. The van der Waals surface area contributed by atoms with E-state index < -0.39 is 24.2 Å². The Labute approximate surface area is 104 Å². The SMILES string of the molecule is O=C(CCCC(F)(F)F)c1ccc(Br)c(F)c1. The quantitative estimate of drug-likeness (QED) is 0.591. The number of alkyl halides is 3. The molecular formula is C11H9BrF4O. The lowest BCUT2D eigenvalue weighted by molar-refractivity contribution is -0.135. The molecule has 6 heteroatoms. The Morgan fingerprint density at radius 3 is 2.47 bits per heavy atom. The molecule has 1 nitrogen and oxygen atoms in total. The van der Waals surface area contributed by atoms with Crippen LogP contribution in [0, 0.1) is 5.82 Å². The van der Waals surface area contributed by atoms with E-state index in [0.29, 0.717) is 0 Å². The Hall–Kier alpha value is -0.910. The molecule has 0 aromatic heterocycles. The van der Waals surface area contributed by atoms with Crippen molar-refractivity contribution in [3.05, 3.63) is 34.1 Å². The van der Waals surface area contributed by atoms with Crippen LogP contribution < -0.4 is 0 Å². The fourth-order valence-corrected chi connectivity index (χ4v) is 1.51. The normalized spacial score (nSPS) is 11.6. The highest BCUT2D eigenvalue weighted by atomic mass is 79.9. The molecule has 0 saturated heterocycles. The monoisotopic (exact) mass is 312 g/mol. The molecule has 0 heterocycles. The van der Waals surface area contributed by atoms with Crippen molar-refractivity contribution in [2.24, 2.45) is 0 Å². The van der Waals surface area contributed by atoms with Crippen LogP contribution in [0.4, 0.5) is 17.6 Å². The first kappa shape index (κ1) is 14.2. The Bertz CT molecular complexity index is 414. The van der Waals surface area contributed by atoms with E-state index in [-0.39, 0.29) is 22.9 Å². The molecule has 1 aromatic rings. The maximum absolute atomic E-state index is 13.1. The van der Waals surface area contributed by atoms with Crippen molar-refractivity contribution >= 4 is 21.7 Å². The van der Waals surface area contributed by atoms with Crippen molar-refractivity contribution < 1.29 is 22.4 Å². The second-order valence-electron chi connectivity index (χ2n) is 3.52. The van der Waals surface area contributed by atoms with Crippen LogP contribution >= 0.6 is 15.9 Å². The van der Waals surface area contributed by atoms with E-state index in [4.69, 9.17) is 0 Å². The molecule has 0 saturated carbocycles. The van der Waals surface area contributed by atoms with E-state index in [1.165, 1.54) is 12.1 Å². The van der Waals surface area contributed by atoms with Crippen LogP contribution in [0.2, 0.25) is 0 Å². The smallest absolute Gasteiger partial charge is 0.294 e. The maximum Gasteiger partial charge on any atom is 0.389 e. The van der Waals surface area contributed by atoms with E-state index in [1.54, 1.807) is 0 Å². The minimum atomic E-state index is -4.26. The number of carbonyl (C=O) groups excluding carboxylic acids is 1. The number of carbonyl (C=O) groups is 1. The Kier molecular flexibility index (Phi) is 4.68. The Morgan fingerprint density at radius 1 is 1.29 bits per heavy atom.